The van der Waals surface area contributed by atoms with Gasteiger partial charge in [-0.1, -0.05) is 0 Å². The van der Waals surface area contributed by atoms with Gasteiger partial charge in [0.25, 0.3) is 0 Å². The Morgan fingerprint density at radius 2 is 2.23 bits per heavy atom. The molecule has 5 nitrogen and oxygen atoms in total. The lowest BCUT2D eigenvalue weighted by Crippen LogP contribution is -1.88. The number of H-pyrrole nitrogens is 1. The quantitative estimate of drug-likeness (QED) is 0.679. The van der Waals surface area contributed by atoms with Crippen LogP contribution in [0.2, 0.25) is 0 Å². The van der Waals surface area contributed by atoms with E-state index in [-0.39, 0.29) is 0 Å². The predicted molar refractivity (Wildman–Crippen MR) is 45.0 cm³/mol. The van der Waals surface area contributed by atoms with Gasteiger partial charge in [0, 0.05) is 12.4 Å². The molecule has 64 valence electrons. The molecule has 2 heterocycles. The second-order valence-corrected chi connectivity index (χ2v) is 2.41. The van der Waals surface area contributed by atoms with Crippen LogP contribution in [0.3, 0.4) is 0 Å². The third-order valence-corrected chi connectivity index (χ3v) is 1.61. The largest absolute Gasteiger partial charge is 0.298 e. The van der Waals surface area contributed by atoms with Crippen LogP contribution in [0, 0.1) is 0 Å². The van der Waals surface area contributed by atoms with Gasteiger partial charge in [0.2, 0.25) is 0 Å². The lowest BCUT2D eigenvalue weighted by atomic mass is 10.2. The van der Waals surface area contributed by atoms with Crippen LogP contribution >= 0.6 is 0 Å². The third kappa shape index (κ3) is 1.31. The van der Waals surface area contributed by atoms with Gasteiger partial charge in [-0.3, -0.25) is 19.9 Å². The average molecular weight is 174 g/mol. The Morgan fingerprint density at radius 3 is 2.92 bits per heavy atom. The standard InChI is InChI=1S/C8H6N4O/c13-5-6-3-11-12-8(6)7-4-9-1-2-10-7/h1-5H,(H,11,12). The lowest BCUT2D eigenvalue weighted by molar-refractivity contribution is 0.112. The highest BCUT2D eigenvalue weighted by Crippen LogP contribution is 2.14. The zero-order valence-corrected chi connectivity index (χ0v) is 6.64. The van der Waals surface area contributed by atoms with Crippen LogP contribution in [0.25, 0.3) is 11.4 Å². The molecule has 0 aliphatic rings. The first kappa shape index (κ1) is 7.60. The Hall–Kier alpha value is -2.04. The fourth-order valence-corrected chi connectivity index (χ4v) is 1.02. The smallest absolute Gasteiger partial charge is 0.153 e. The molecule has 2 aromatic rings. The number of aldehydes is 1. The molecule has 0 aliphatic carbocycles. The molecule has 0 amide bonds. The van der Waals surface area contributed by atoms with E-state index >= 15 is 0 Å². The second kappa shape index (κ2) is 3.14. The van der Waals surface area contributed by atoms with Gasteiger partial charge in [0.05, 0.1) is 23.7 Å². The zero-order chi connectivity index (χ0) is 9.10. The number of aromatic nitrogens is 4. The van der Waals surface area contributed by atoms with Gasteiger partial charge in [-0.25, -0.2) is 0 Å². The van der Waals surface area contributed by atoms with Gasteiger partial charge in [0.15, 0.2) is 6.29 Å². The average Bonchev–Trinajstić information content (AvgIpc) is 2.67. The molecule has 0 bridgehead atoms. The summed E-state index contributed by atoms with van der Waals surface area (Å²) in [5.74, 6) is 0. The maximum absolute atomic E-state index is 10.6. The first-order valence-electron chi connectivity index (χ1n) is 3.67. The van der Waals surface area contributed by atoms with Crippen molar-refractivity contribution in [3.63, 3.8) is 0 Å². The summed E-state index contributed by atoms with van der Waals surface area (Å²) in [6.45, 7) is 0. The molecule has 0 radical (unpaired) electrons. The first-order valence-corrected chi connectivity index (χ1v) is 3.67. The van der Waals surface area contributed by atoms with Crippen molar-refractivity contribution in [3.8, 4) is 11.4 Å². The zero-order valence-electron chi connectivity index (χ0n) is 6.64. The van der Waals surface area contributed by atoms with Crippen molar-refractivity contribution in [1.29, 1.82) is 0 Å². The lowest BCUT2D eigenvalue weighted by Gasteiger charge is -1.94. The SMILES string of the molecule is O=Cc1cn[nH]c1-c1cnccn1. The predicted octanol–water partition coefficient (Wildman–Crippen LogP) is 0.679. The van der Waals surface area contributed by atoms with Crippen LogP contribution in [-0.2, 0) is 0 Å². The Bertz CT molecular complexity index is 409. The van der Waals surface area contributed by atoms with E-state index in [4.69, 9.17) is 0 Å². The number of carbonyl (C=O) groups excluding carboxylic acids is 1. The number of hydrogen-bond donors (Lipinski definition) is 1. The molecule has 0 fully saturated rings. The van der Waals surface area contributed by atoms with Crippen molar-refractivity contribution in [3.05, 3.63) is 30.4 Å². The molecule has 0 saturated carbocycles. The maximum Gasteiger partial charge on any atom is 0.153 e. The van der Waals surface area contributed by atoms with E-state index in [1.54, 1.807) is 18.6 Å². The van der Waals surface area contributed by atoms with E-state index in [0.717, 1.165) is 6.29 Å². The Morgan fingerprint density at radius 1 is 1.31 bits per heavy atom. The minimum atomic E-state index is 0.487. The molecular weight excluding hydrogens is 168 g/mol. The van der Waals surface area contributed by atoms with Crippen LogP contribution in [0.5, 0.6) is 0 Å². The molecule has 13 heavy (non-hydrogen) atoms. The van der Waals surface area contributed by atoms with Crippen LogP contribution in [-0.4, -0.2) is 26.5 Å². The van der Waals surface area contributed by atoms with Gasteiger partial charge >= 0.3 is 0 Å². The molecule has 0 aliphatic heterocycles. The van der Waals surface area contributed by atoms with Crippen molar-refractivity contribution >= 4 is 6.29 Å². The molecule has 2 rings (SSSR count). The highest BCUT2D eigenvalue weighted by atomic mass is 16.1. The van der Waals surface area contributed by atoms with Crippen LogP contribution in [0.1, 0.15) is 10.4 Å². The van der Waals surface area contributed by atoms with Crippen molar-refractivity contribution in [2.45, 2.75) is 0 Å². The fraction of sp³-hybridized carbons (Fsp3) is 0. The van der Waals surface area contributed by atoms with Crippen LogP contribution in [0.4, 0.5) is 0 Å². The third-order valence-electron chi connectivity index (χ3n) is 1.61. The normalized spacial score (nSPS) is 9.85. The Balaban J connectivity index is 2.52. The molecule has 0 saturated heterocycles. The molecule has 0 spiro atoms. The van der Waals surface area contributed by atoms with Crippen molar-refractivity contribution < 1.29 is 4.79 Å². The van der Waals surface area contributed by atoms with Gasteiger partial charge < -0.3 is 0 Å². The summed E-state index contributed by atoms with van der Waals surface area (Å²) >= 11 is 0. The highest BCUT2D eigenvalue weighted by Gasteiger charge is 2.06. The Kier molecular flexibility index (Phi) is 1.84. The first-order chi connectivity index (χ1) is 6.42. The van der Waals surface area contributed by atoms with Crippen LogP contribution < -0.4 is 0 Å². The van der Waals surface area contributed by atoms with Crippen molar-refractivity contribution in [1.82, 2.24) is 20.2 Å². The maximum atomic E-state index is 10.6. The van der Waals surface area contributed by atoms with Crippen molar-refractivity contribution in [2.24, 2.45) is 0 Å². The van der Waals surface area contributed by atoms with E-state index in [0.29, 0.717) is 17.0 Å². The van der Waals surface area contributed by atoms with Gasteiger partial charge in [-0.2, -0.15) is 5.10 Å². The van der Waals surface area contributed by atoms with Crippen molar-refractivity contribution in [2.75, 3.05) is 0 Å². The minimum Gasteiger partial charge on any atom is -0.298 e. The summed E-state index contributed by atoms with van der Waals surface area (Å²) < 4.78 is 0. The number of rotatable bonds is 2. The number of hydrogen-bond acceptors (Lipinski definition) is 4. The van der Waals surface area contributed by atoms with E-state index in [9.17, 15) is 4.79 Å². The van der Waals surface area contributed by atoms with E-state index < -0.39 is 0 Å². The van der Waals surface area contributed by atoms with Gasteiger partial charge in [-0.05, 0) is 0 Å². The molecule has 0 atom stereocenters. The highest BCUT2D eigenvalue weighted by molar-refractivity contribution is 5.83. The number of nitrogens with zero attached hydrogens (tertiary/aromatic N) is 3. The molecule has 2 aromatic heterocycles. The van der Waals surface area contributed by atoms with Crippen LogP contribution in [0.15, 0.2) is 24.8 Å². The molecule has 1 N–H and O–H groups in total. The summed E-state index contributed by atoms with van der Waals surface area (Å²) in [5.41, 5.74) is 1.70. The minimum absolute atomic E-state index is 0.487. The van der Waals surface area contributed by atoms with E-state index in [1.165, 1.54) is 6.20 Å². The summed E-state index contributed by atoms with van der Waals surface area (Å²) in [6, 6.07) is 0. The Labute approximate surface area is 73.9 Å². The fourth-order valence-electron chi connectivity index (χ4n) is 1.02. The number of carbonyl (C=O) groups is 1. The number of nitrogens with one attached hydrogen (secondary N) is 1. The van der Waals surface area contributed by atoms with Gasteiger partial charge in [0.1, 0.15) is 5.69 Å². The monoisotopic (exact) mass is 174 g/mol. The molecule has 0 aromatic carbocycles. The van der Waals surface area contributed by atoms with E-state index in [2.05, 4.69) is 20.2 Å². The summed E-state index contributed by atoms with van der Waals surface area (Å²) in [6.07, 6.45) is 6.89. The van der Waals surface area contributed by atoms with E-state index in [1.807, 2.05) is 0 Å². The topological polar surface area (TPSA) is 71.5 Å². The van der Waals surface area contributed by atoms with Gasteiger partial charge in [-0.15, -0.1) is 0 Å². The summed E-state index contributed by atoms with van der Waals surface area (Å²) in [4.78, 5) is 18.5. The number of aromatic amines is 1. The molecule has 5 heteroatoms. The summed E-state index contributed by atoms with van der Waals surface area (Å²) in [5, 5.41) is 6.43. The molecule has 0 unspecified atom stereocenters. The summed E-state index contributed by atoms with van der Waals surface area (Å²) in [7, 11) is 0. The molecular formula is C8H6N4O. The second-order valence-electron chi connectivity index (χ2n) is 2.41.